The number of fused-ring (bicyclic) bond motifs is 1. The van der Waals surface area contributed by atoms with Gasteiger partial charge in [0.15, 0.2) is 0 Å². The number of hydrogen-bond acceptors (Lipinski definition) is 4. The first kappa shape index (κ1) is 29.8. The summed E-state index contributed by atoms with van der Waals surface area (Å²) in [6.45, 7) is 1.41. The lowest BCUT2D eigenvalue weighted by molar-refractivity contribution is -0.158. The number of alkyl halides is 9. The number of benzene rings is 2. The van der Waals surface area contributed by atoms with Crippen LogP contribution in [0.2, 0.25) is 0 Å². The van der Waals surface area contributed by atoms with Crippen LogP contribution in [0.5, 0.6) is 0 Å². The normalized spacial score (nSPS) is 17.7. The Morgan fingerprint density at radius 3 is 1.74 bits per heavy atom. The Morgan fingerprint density at radius 2 is 1.33 bits per heavy atom. The van der Waals surface area contributed by atoms with Crippen molar-refractivity contribution in [3.8, 4) is 0 Å². The van der Waals surface area contributed by atoms with E-state index in [-0.39, 0.29) is 24.6 Å². The second-order valence-corrected chi connectivity index (χ2v) is 8.43. The smallest absolute Gasteiger partial charge is 0.416 e. The van der Waals surface area contributed by atoms with Crippen molar-refractivity contribution in [2.24, 2.45) is 0 Å². The lowest BCUT2D eigenvalue weighted by Crippen LogP contribution is -2.45. The molecule has 2 aromatic carbocycles. The molecule has 0 fully saturated rings. The van der Waals surface area contributed by atoms with E-state index in [1.165, 1.54) is 6.92 Å². The number of rotatable bonds is 4. The highest BCUT2D eigenvalue weighted by molar-refractivity contribution is 6.04. The van der Waals surface area contributed by atoms with E-state index < -0.39 is 81.3 Å². The van der Waals surface area contributed by atoms with Gasteiger partial charge in [0.1, 0.15) is 0 Å². The van der Waals surface area contributed by atoms with Crippen LogP contribution in [-0.2, 0) is 33.7 Å². The van der Waals surface area contributed by atoms with Crippen molar-refractivity contribution < 1.29 is 64.1 Å². The average Bonchev–Trinajstić information content (AvgIpc) is 2.84. The minimum atomic E-state index is -5.40. The molecule has 1 amide bonds. The molecule has 2 N–H and O–H groups in total. The summed E-state index contributed by atoms with van der Waals surface area (Å²) in [6.07, 6.45) is -16.8. The van der Waals surface area contributed by atoms with Gasteiger partial charge in [-0.15, -0.1) is 0 Å². The zero-order valence-electron chi connectivity index (χ0n) is 19.8. The molecule has 0 bridgehead atoms. The predicted octanol–water partition coefficient (Wildman–Crippen LogP) is 6.46. The molecule has 0 aromatic heterocycles. The molecule has 212 valence electrons. The molecule has 2 atom stereocenters. The number of carbonyl (C=O) groups is 2. The topological polar surface area (TPSA) is 87.1 Å². The van der Waals surface area contributed by atoms with Gasteiger partial charge in [-0.25, -0.2) is 9.59 Å². The summed E-state index contributed by atoms with van der Waals surface area (Å²) in [7, 11) is 0.642. The molecule has 2 unspecified atom stereocenters. The van der Waals surface area contributed by atoms with Gasteiger partial charge in [0.25, 0.3) is 0 Å². The second kappa shape index (κ2) is 9.77. The Morgan fingerprint density at radius 1 is 0.846 bits per heavy atom. The fraction of sp³-hybridized carbons (Fsp3) is 0.333. The van der Waals surface area contributed by atoms with E-state index in [0.29, 0.717) is 30.2 Å². The standard InChI is InChI=1S/C24H18F9NO5/c1-3-15-10-17(16-9-11(22(25,26)27)4-5-18(16)34(15)20(36)37)21(38,19(35)39-2)12-6-13(23(28,29)30)8-14(7-12)24(31,32)33/h4-10,15,38H,3H2,1-2H3,(H,36,37). The number of carboxylic acid groups (broad SMARTS) is 1. The molecule has 1 aliphatic rings. The molecule has 2 aromatic rings. The molecule has 0 aliphatic carbocycles. The molecule has 0 saturated carbocycles. The Balaban J connectivity index is 2.49. The molecule has 1 heterocycles. The van der Waals surface area contributed by atoms with Gasteiger partial charge < -0.3 is 14.9 Å². The van der Waals surface area contributed by atoms with Crippen molar-refractivity contribution in [3.63, 3.8) is 0 Å². The van der Waals surface area contributed by atoms with Gasteiger partial charge in [0, 0.05) is 16.7 Å². The van der Waals surface area contributed by atoms with Crippen LogP contribution in [0.4, 0.5) is 50.0 Å². The number of amides is 1. The molecule has 0 radical (unpaired) electrons. The Labute approximate surface area is 213 Å². The van der Waals surface area contributed by atoms with Gasteiger partial charge >= 0.3 is 30.6 Å². The first-order valence-electron chi connectivity index (χ1n) is 10.8. The van der Waals surface area contributed by atoms with Gasteiger partial charge in [0.05, 0.1) is 35.5 Å². The number of hydrogen-bond donors (Lipinski definition) is 2. The van der Waals surface area contributed by atoms with Crippen LogP contribution in [-0.4, -0.2) is 35.4 Å². The van der Waals surface area contributed by atoms with Crippen molar-refractivity contribution >= 4 is 23.3 Å². The lowest BCUT2D eigenvalue weighted by Gasteiger charge is -2.39. The molecule has 3 rings (SSSR count). The minimum absolute atomic E-state index is 0.0325. The first-order valence-corrected chi connectivity index (χ1v) is 10.8. The highest BCUT2D eigenvalue weighted by Gasteiger charge is 2.50. The second-order valence-electron chi connectivity index (χ2n) is 8.43. The van der Waals surface area contributed by atoms with Crippen LogP contribution in [0, 0.1) is 0 Å². The van der Waals surface area contributed by atoms with Crippen molar-refractivity contribution in [1.82, 2.24) is 0 Å². The predicted molar refractivity (Wildman–Crippen MR) is 116 cm³/mol. The summed E-state index contributed by atoms with van der Waals surface area (Å²) < 4.78 is 126. The number of ether oxygens (including phenoxy) is 1. The Bertz CT molecular complexity index is 1300. The third-order valence-corrected chi connectivity index (χ3v) is 6.06. The third kappa shape index (κ3) is 5.40. The van der Waals surface area contributed by atoms with E-state index in [4.69, 9.17) is 0 Å². The van der Waals surface area contributed by atoms with Gasteiger partial charge in [-0.05, 0) is 42.8 Å². The first-order chi connectivity index (χ1) is 17.8. The minimum Gasteiger partial charge on any atom is -0.466 e. The van der Waals surface area contributed by atoms with Crippen LogP contribution in [0.1, 0.15) is 41.2 Å². The van der Waals surface area contributed by atoms with Gasteiger partial charge in [0.2, 0.25) is 5.60 Å². The SMILES string of the molecule is CCC1C=C(C(O)(C(=O)OC)c2cc(C(F)(F)F)cc(C(F)(F)F)c2)c2cc(C(F)(F)F)ccc2N1C(=O)O. The Kier molecular flexibility index (Phi) is 7.47. The van der Waals surface area contributed by atoms with Crippen LogP contribution in [0.15, 0.2) is 42.5 Å². The van der Waals surface area contributed by atoms with Crippen LogP contribution < -0.4 is 4.90 Å². The number of halogens is 9. The molecule has 15 heteroatoms. The third-order valence-electron chi connectivity index (χ3n) is 6.06. The zero-order valence-corrected chi connectivity index (χ0v) is 19.8. The molecule has 0 spiro atoms. The molecule has 1 aliphatic heterocycles. The van der Waals surface area contributed by atoms with Crippen LogP contribution in [0.25, 0.3) is 5.57 Å². The highest BCUT2D eigenvalue weighted by Crippen LogP contribution is 2.49. The number of nitrogens with zero attached hydrogens (tertiary/aromatic N) is 1. The number of methoxy groups -OCH3 is 1. The van der Waals surface area contributed by atoms with Crippen molar-refractivity contribution in [3.05, 3.63) is 70.3 Å². The summed E-state index contributed by atoms with van der Waals surface area (Å²) in [4.78, 5) is 25.5. The molecular weight excluding hydrogens is 553 g/mol. The zero-order chi connectivity index (χ0) is 29.7. The quantitative estimate of drug-likeness (QED) is 0.325. The van der Waals surface area contributed by atoms with E-state index >= 15 is 0 Å². The maximum absolute atomic E-state index is 13.6. The summed E-state index contributed by atoms with van der Waals surface area (Å²) >= 11 is 0. The summed E-state index contributed by atoms with van der Waals surface area (Å²) in [5, 5.41) is 21.3. The van der Waals surface area contributed by atoms with E-state index in [9.17, 15) is 59.3 Å². The molecule has 0 saturated heterocycles. The fourth-order valence-corrected chi connectivity index (χ4v) is 4.23. The summed E-state index contributed by atoms with van der Waals surface area (Å²) in [6, 6.07) is 0.0178. The summed E-state index contributed by atoms with van der Waals surface area (Å²) in [5.41, 5.74) is -12.3. The van der Waals surface area contributed by atoms with Crippen LogP contribution in [0.3, 0.4) is 0 Å². The maximum Gasteiger partial charge on any atom is 0.416 e. The lowest BCUT2D eigenvalue weighted by atomic mass is 9.77. The number of aliphatic hydroxyl groups is 1. The van der Waals surface area contributed by atoms with Crippen molar-refractivity contribution in [1.29, 1.82) is 0 Å². The number of esters is 1. The average molecular weight is 571 g/mol. The van der Waals surface area contributed by atoms with E-state index in [2.05, 4.69) is 4.74 Å². The van der Waals surface area contributed by atoms with Gasteiger partial charge in [-0.2, -0.15) is 39.5 Å². The highest BCUT2D eigenvalue weighted by atomic mass is 19.4. The van der Waals surface area contributed by atoms with E-state index in [1.54, 1.807) is 0 Å². The molecule has 39 heavy (non-hydrogen) atoms. The van der Waals surface area contributed by atoms with E-state index in [0.717, 1.165) is 6.08 Å². The number of carbonyl (C=O) groups excluding carboxylic acids is 1. The van der Waals surface area contributed by atoms with Crippen molar-refractivity contribution in [2.75, 3.05) is 12.0 Å². The largest absolute Gasteiger partial charge is 0.466 e. The van der Waals surface area contributed by atoms with E-state index in [1.807, 2.05) is 0 Å². The van der Waals surface area contributed by atoms with Crippen LogP contribution >= 0.6 is 0 Å². The molecule has 6 nitrogen and oxygen atoms in total. The monoisotopic (exact) mass is 571 g/mol. The van der Waals surface area contributed by atoms with Crippen molar-refractivity contribution in [2.45, 2.75) is 43.5 Å². The fourth-order valence-electron chi connectivity index (χ4n) is 4.23. The maximum atomic E-state index is 13.6. The number of anilines is 1. The molecular formula is C24H18F9NO5. The van der Waals surface area contributed by atoms with Gasteiger partial charge in [-0.1, -0.05) is 13.0 Å². The summed E-state index contributed by atoms with van der Waals surface area (Å²) in [5.74, 6) is -1.83. The Hall–Kier alpha value is -3.75. The van der Waals surface area contributed by atoms with Gasteiger partial charge in [-0.3, -0.25) is 4.90 Å².